The molecule has 0 atom stereocenters. The number of hydrogen-bond donors (Lipinski definition) is 1. The van der Waals surface area contributed by atoms with Crippen molar-refractivity contribution in [3.63, 3.8) is 0 Å². The molecule has 0 bridgehead atoms. The van der Waals surface area contributed by atoms with Crippen LogP contribution in [-0.2, 0) is 4.79 Å². The average Bonchev–Trinajstić information content (AvgIpc) is 2.30. The zero-order valence-electron chi connectivity index (χ0n) is 9.53. The summed E-state index contributed by atoms with van der Waals surface area (Å²) >= 11 is 0. The SMILES string of the molecule is CCCCCC(=N)c1ccccc1OC=O. The van der Waals surface area contributed by atoms with Gasteiger partial charge in [0, 0.05) is 11.3 Å². The van der Waals surface area contributed by atoms with Crippen LogP contribution in [-0.4, -0.2) is 12.2 Å². The molecule has 1 aromatic rings. The largest absolute Gasteiger partial charge is 0.428 e. The number of benzene rings is 1. The Hall–Kier alpha value is -1.64. The number of para-hydroxylation sites is 1. The second kappa shape index (κ2) is 6.77. The predicted octanol–water partition coefficient (Wildman–Crippen LogP) is 3.17. The molecule has 0 radical (unpaired) electrons. The van der Waals surface area contributed by atoms with Gasteiger partial charge in [-0.15, -0.1) is 0 Å². The number of nitrogens with one attached hydrogen (secondary N) is 1. The van der Waals surface area contributed by atoms with Crippen LogP contribution in [0.3, 0.4) is 0 Å². The third kappa shape index (κ3) is 3.50. The van der Waals surface area contributed by atoms with Crippen LogP contribution < -0.4 is 4.74 Å². The molecule has 16 heavy (non-hydrogen) atoms. The third-order valence-electron chi connectivity index (χ3n) is 2.42. The van der Waals surface area contributed by atoms with E-state index in [1.807, 2.05) is 12.1 Å². The third-order valence-corrected chi connectivity index (χ3v) is 2.42. The zero-order chi connectivity index (χ0) is 11.8. The van der Waals surface area contributed by atoms with E-state index in [9.17, 15) is 4.79 Å². The summed E-state index contributed by atoms with van der Waals surface area (Å²) in [4.78, 5) is 10.3. The summed E-state index contributed by atoms with van der Waals surface area (Å²) in [5, 5.41) is 7.93. The Morgan fingerprint density at radius 1 is 1.38 bits per heavy atom. The first kappa shape index (κ1) is 12.4. The lowest BCUT2D eigenvalue weighted by atomic mass is 10.0. The maximum absolute atomic E-state index is 10.3. The van der Waals surface area contributed by atoms with E-state index in [4.69, 9.17) is 10.1 Å². The molecule has 0 aliphatic carbocycles. The van der Waals surface area contributed by atoms with Crippen molar-refractivity contribution in [2.24, 2.45) is 0 Å². The van der Waals surface area contributed by atoms with Gasteiger partial charge in [0.15, 0.2) is 0 Å². The second-order valence-corrected chi connectivity index (χ2v) is 3.65. The quantitative estimate of drug-likeness (QED) is 0.435. The highest BCUT2D eigenvalue weighted by Crippen LogP contribution is 2.20. The van der Waals surface area contributed by atoms with E-state index in [0.29, 0.717) is 23.5 Å². The molecule has 1 rings (SSSR count). The molecule has 86 valence electrons. The topological polar surface area (TPSA) is 50.1 Å². The van der Waals surface area contributed by atoms with Crippen LogP contribution in [0.4, 0.5) is 0 Å². The molecule has 0 amide bonds. The van der Waals surface area contributed by atoms with E-state index in [1.54, 1.807) is 12.1 Å². The number of unbranched alkanes of at least 4 members (excludes halogenated alkanes) is 2. The van der Waals surface area contributed by atoms with Gasteiger partial charge in [-0.1, -0.05) is 31.9 Å². The van der Waals surface area contributed by atoms with Crippen LogP contribution >= 0.6 is 0 Å². The Bertz CT molecular complexity index is 361. The number of carbonyl (C=O) groups is 1. The summed E-state index contributed by atoms with van der Waals surface area (Å²) in [5.74, 6) is 0.471. The summed E-state index contributed by atoms with van der Waals surface area (Å²) in [6, 6.07) is 7.16. The first-order chi connectivity index (χ1) is 7.79. The molecule has 0 saturated carbocycles. The van der Waals surface area contributed by atoms with Crippen molar-refractivity contribution >= 4 is 12.2 Å². The summed E-state index contributed by atoms with van der Waals surface area (Å²) in [7, 11) is 0. The monoisotopic (exact) mass is 219 g/mol. The fourth-order valence-corrected chi connectivity index (χ4v) is 1.56. The zero-order valence-corrected chi connectivity index (χ0v) is 9.53. The molecule has 0 fully saturated rings. The van der Waals surface area contributed by atoms with Gasteiger partial charge in [-0.05, 0) is 25.0 Å². The molecule has 3 nitrogen and oxygen atoms in total. The fraction of sp³-hybridized carbons (Fsp3) is 0.385. The van der Waals surface area contributed by atoms with Crippen molar-refractivity contribution in [3.05, 3.63) is 29.8 Å². The van der Waals surface area contributed by atoms with Crippen molar-refractivity contribution in [3.8, 4) is 5.75 Å². The summed E-state index contributed by atoms with van der Waals surface area (Å²) in [6.07, 6.45) is 4.00. The minimum absolute atomic E-state index is 0.401. The molecule has 0 spiro atoms. The minimum Gasteiger partial charge on any atom is -0.428 e. The Labute approximate surface area is 95.9 Å². The van der Waals surface area contributed by atoms with Crippen LogP contribution in [0.15, 0.2) is 24.3 Å². The predicted molar refractivity (Wildman–Crippen MR) is 64.1 cm³/mol. The molecule has 0 aliphatic rings. The van der Waals surface area contributed by atoms with Crippen LogP contribution in [0.25, 0.3) is 0 Å². The van der Waals surface area contributed by atoms with Crippen molar-refractivity contribution in [1.29, 1.82) is 5.41 Å². The Balaban J connectivity index is 2.69. The van der Waals surface area contributed by atoms with Crippen LogP contribution in [0, 0.1) is 5.41 Å². The Morgan fingerprint density at radius 3 is 2.81 bits per heavy atom. The van der Waals surface area contributed by atoms with E-state index in [0.717, 1.165) is 25.7 Å². The molecule has 0 aromatic heterocycles. The van der Waals surface area contributed by atoms with Crippen LogP contribution in [0.5, 0.6) is 5.75 Å². The molecule has 0 unspecified atom stereocenters. The van der Waals surface area contributed by atoms with Crippen molar-refractivity contribution in [1.82, 2.24) is 0 Å². The van der Waals surface area contributed by atoms with Gasteiger partial charge in [-0.3, -0.25) is 4.79 Å². The van der Waals surface area contributed by atoms with E-state index >= 15 is 0 Å². The summed E-state index contributed by atoms with van der Waals surface area (Å²) in [5.41, 5.74) is 1.25. The second-order valence-electron chi connectivity index (χ2n) is 3.65. The molecule has 1 aromatic carbocycles. The fourth-order valence-electron chi connectivity index (χ4n) is 1.56. The molecule has 0 aliphatic heterocycles. The van der Waals surface area contributed by atoms with Gasteiger partial charge in [0.1, 0.15) is 5.75 Å². The normalized spacial score (nSPS) is 9.81. The smallest absolute Gasteiger partial charge is 0.298 e. The number of rotatable bonds is 7. The first-order valence-electron chi connectivity index (χ1n) is 5.56. The van der Waals surface area contributed by atoms with Gasteiger partial charge >= 0.3 is 0 Å². The lowest BCUT2D eigenvalue weighted by Gasteiger charge is -2.08. The van der Waals surface area contributed by atoms with Gasteiger partial charge in [0.05, 0.1) is 0 Å². The number of carbonyl (C=O) groups excluding carboxylic acids is 1. The highest BCUT2D eigenvalue weighted by Gasteiger charge is 2.07. The first-order valence-corrected chi connectivity index (χ1v) is 5.56. The van der Waals surface area contributed by atoms with E-state index < -0.39 is 0 Å². The lowest BCUT2D eigenvalue weighted by Crippen LogP contribution is -2.03. The van der Waals surface area contributed by atoms with Gasteiger partial charge in [0.2, 0.25) is 0 Å². The van der Waals surface area contributed by atoms with E-state index in [-0.39, 0.29) is 0 Å². The average molecular weight is 219 g/mol. The molecular formula is C13H17NO2. The Morgan fingerprint density at radius 2 is 2.12 bits per heavy atom. The van der Waals surface area contributed by atoms with Crippen molar-refractivity contribution < 1.29 is 9.53 Å². The highest BCUT2D eigenvalue weighted by atomic mass is 16.5. The van der Waals surface area contributed by atoms with Crippen LogP contribution in [0.1, 0.15) is 38.2 Å². The highest BCUT2D eigenvalue weighted by molar-refractivity contribution is 6.00. The maximum Gasteiger partial charge on any atom is 0.298 e. The van der Waals surface area contributed by atoms with Crippen molar-refractivity contribution in [2.75, 3.05) is 0 Å². The van der Waals surface area contributed by atoms with E-state index in [1.165, 1.54) is 0 Å². The van der Waals surface area contributed by atoms with Crippen LogP contribution in [0.2, 0.25) is 0 Å². The summed E-state index contributed by atoms with van der Waals surface area (Å²) in [6.45, 7) is 2.53. The minimum atomic E-state index is 0.401. The molecule has 0 heterocycles. The van der Waals surface area contributed by atoms with E-state index in [2.05, 4.69) is 6.92 Å². The van der Waals surface area contributed by atoms with Gasteiger partial charge in [-0.2, -0.15) is 0 Å². The summed E-state index contributed by atoms with van der Waals surface area (Å²) < 4.78 is 4.84. The van der Waals surface area contributed by atoms with Gasteiger partial charge in [-0.25, -0.2) is 0 Å². The molecular weight excluding hydrogens is 202 g/mol. The van der Waals surface area contributed by atoms with Gasteiger partial charge in [0.25, 0.3) is 6.47 Å². The number of ether oxygens (including phenoxy) is 1. The Kier molecular flexibility index (Phi) is 5.26. The standard InChI is InChI=1S/C13H17NO2/c1-2-3-4-8-12(14)11-7-5-6-9-13(11)16-10-15/h5-7,9-10,14H,2-4,8H2,1H3. The maximum atomic E-state index is 10.3. The van der Waals surface area contributed by atoms with Gasteiger partial charge < -0.3 is 10.1 Å². The van der Waals surface area contributed by atoms with Crippen molar-refractivity contribution in [2.45, 2.75) is 32.6 Å². The molecule has 1 N–H and O–H groups in total. The number of hydrogen-bond acceptors (Lipinski definition) is 3. The molecule has 0 saturated heterocycles. The molecule has 3 heteroatoms. The lowest BCUT2D eigenvalue weighted by molar-refractivity contribution is -0.120.